The number of aromatic nitrogens is 5. The van der Waals surface area contributed by atoms with Crippen molar-refractivity contribution in [3.8, 4) is 0 Å². The summed E-state index contributed by atoms with van der Waals surface area (Å²) in [6.07, 6.45) is 1.50. The lowest BCUT2D eigenvalue weighted by Crippen LogP contribution is -2.52. The summed E-state index contributed by atoms with van der Waals surface area (Å²) in [5.41, 5.74) is 4.09. The smallest absolute Gasteiger partial charge is 0.231 e. The highest BCUT2D eigenvalue weighted by atomic mass is 16.2. The predicted molar refractivity (Wildman–Crippen MR) is 115 cm³/mol. The van der Waals surface area contributed by atoms with Crippen LogP contribution in [0.5, 0.6) is 0 Å². The van der Waals surface area contributed by atoms with E-state index in [9.17, 15) is 4.79 Å². The van der Waals surface area contributed by atoms with Crippen LogP contribution in [0.4, 0.5) is 22.9 Å². The van der Waals surface area contributed by atoms with Gasteiger partial charge in [-0.1, -0.05) is 23.4 Å². The van der Waals surface area contributed by atoms with E-state index in [0.717, 1.165) is 17.1 Å². The van der Waals surface area contributed by atoms with Gasteiger partial charge in [-0.25, -0.2) is 14.6 Å². The molecule has 2 aromatic carbocycles. The molecule has 0 unspecified atom stereocenters. The molecule has 1 aliphatic rings. The molecule has 2 aromatic heterocycles. The van der Waals surface area contributed by atoms with E-state index in [4.69, 9.17) is 0 Å². The van der Waals surface area contributed by atoms with Crippen LogP contribution in [-0.4, -0.2) is 44.0 Å². The second-order valence-corrected chi connectivity index (χ2v) is 7.24. The van der Waals surface area contributed by atoms with E-state index < -0.39 is 0 Å². The predicted octanol–water partition coefficient (Wildman–Crippen LogP) is 2.58. The van der Waals surface area contributed by atoms with Crippen molar-refractivity contribution in [3.63, 3.8) is 0 Å². The molecule has 0 atom stereocenters. The molecule has 0 spiro atoms. The first-order valence-electron chi connectivity index (χ1n) is 9.66. The molecule has 9 heteroatoms. The summed E-state index contributed by atoms with van der Waals surface area (Å²) in [6.45, 7) is 1.17. The first kappa shape index (κ1) is 18.0. The molecule has 1 aliphatic heterocycles. The molecule has 1 fully saturated rings. The Kier molecular flexibility index (Phi) is 4.47. The van der Waals surface area contributed by atoms with Gasteiger partial charge in [0.2, 0.25) is 5.91 Å². The Morgan fingerprint density at radius 2 is 1.67 bits per heavy atom. The summed E-state index contributed by atoms with van der Waals surface area (Å²) in [5.74, 6) is 0.613. The number of para-hydroxylation sites is 1. The normalized spacial score (nSPS) is 13.8. The molecule has 0 aliphatic carbocycles. The van der Waals surface area contributed by atoms with Gasteiger partial charge in [-0.15, -0.1) is 5.10 Å². The van der Waals surface area contributed by atoms with Crippen LogP contribution in [0, 0.1) is 5.92 Å². The number of nitrogens with one attached hydrogen (secondary N) is 2. The van der Waals surface area contributed by atoms with E-state index in [0.29, 0.717) is 30.1 Å². The van der Waals surface area contributed by atoms with Crippen molar-refractivity contribution >= 4 is 40.0 Å². The molecule has 0 bridgehead atoms. The highest BCUT2D eigenvalue weighted by Crippen LogP contribution is 2.28. The van der Waals surface area contributed by atoms with E-state index in [1.165, 1.54) is 6.33 Å². The van der Waals surface area contributed by atoms with Crippen LogP contribution >= 0.6 is 0 Å². The Hall–Kier alpha value is -4.01. The molecular weight excluding hydrogens is 380 g/mol. The minimum atomic E-state index is -0.103. The molecule has 9 nitrogen and oxygen atoms in total. The number of amides is 1. The third-order valence-corrected chi connectivity index (χ3v) is 5.14. The van der Waals surface area contributed by atoms with Gasteiger partial charge >= 0.3 is 0 Å². The van der Waals surface area contributed by atoms with Crippen molar-refractivity contribution in [2.24, 2.45) is 13.0 Å². The van der Waals surface area contributed by atoms with Crippen LogP contribution in [0.3, 0.4) is 0 Å². The monoisotopic (exact) mass is 400 g/mol. The van der Waals surface area contributed by atoms with Crippen molar-refractivity contribution in [2.75, 3.05) is 28.6 Å². The highest BCUT2D eigenvalue weighted by molar-refractivity contribution is 5.95. The fourth-order valence-corrected chi connectivity index (χ4v) is 3.46. The van der Waals surface area contributed by atoms with E-state index >= 15 is 0 Å². The number of carbonyl (C=O) groups is 1. The maximum atomic E-state index is 12.6. The van der Waals surface area contributed by atoms with Crippen molar-refractivity contribution in [3.05, 3.63) is 60.9 Å². The van der Waals surface area contributed by atoms with Gasteiger partial charge in [0.05, 0.1) is 5.92 Å². The highest BCUT2D eigenvalue weighted by Gasteiger charge is 2.35. The average Bonchev–Trinajstić information content (AvgIpc) is 3.11. The summed E-state index contributed by atoms with van der Waals surface area (Å²) in [5, 5.41) is 14.4. The molecule has 1 amide bonds. The number of anilines is 4. The number of rotatable bonds is 5. The van der Waals surface area contributed by atoms with E-state index in [2.05, 4.69) is 30.9 Å². The quantitative estimate of drug-likeness (QED) is 0.531. The lowest BCUT2D eigenvalue weighted by Gasteiger charge is -2.38. The fraction of sp³-hybridized carbons (Fsp3) is 0.190. The molecule has 0 saturated carbocycles. The van der Waals surface area contributed by atoms with Gasteiger partial charge in [0, 0.05) is 37.2 Å². The maximum Gasteiger partial charge on any atom is 0.231 e. The van der Waals surface area contributed by atoms with Crippen molar-refractivity contribution in [1.82, 2.24) is 25.0 Å². The first-order valence-corrected chi connectivity index (χ1v) is 9.66. The van der Waals surface area contributed by atoms with Gasteiger partial charge in [0.25, 0.3) is 0 Å². The second-order valence-electron chi connectivity index (χ2n) is 7.24. The zero-order valence-corrected chi connectivity index (χ0v) is 16.4. The zero-order valence-electron chi connectivity index (χ0n) is 16.4. The molecule has 1 saturated heterocycles. The fourth-order valence-electron chi connectivity index (χ4n) is 3.46. The van der Waals surface area contributed by atoms with E-state index in [-0.39, 0.29) is 11.8 Å². The maximum absolute atomic E-state index is 12.6. The Morgan fingerprint density at radius 3 is 2.43 bits per heavy atom. The van der Waals surface area contributed by atoms with E-state index in [1.54, 1.807) is 11.7 Å². The average molecular weight is 400 g/mol. The van der Waals surface area contributed by atoms with Crippen LogP contribution in [0.2, 0.25) is 0 Å². The van der Waals surface area contributed by atoms with Crippen LogP contribution in [0.25, 0.3) is 11.2 Å². The second kappa shape index (κ2) is 7.43. The Bertz CT molecular complexity index is 1180. The summed E-state index contributed by atoms with van der Waals surface area (Å²) < 4.78 is 1.61. The van der Waals surface area contributed by atoms with Crippen LogP contribution in [0.1, 0.15) is 0 Å². The minimum Gasteiger partial charge on any atom is -0.356 e. The molecular formula is C21H20N8O. The van der Waals surface area contributed by atoms with Gasteiger partial charge < -0.3 is 15.5 Å². The van der Waals surface area contributed by atoms with Crippen molar-refractivity contribution in [2.45, 2.75) is 0 Å². The third kappa shape index (κ3) is 3.41. The van der Waals surface area contributed by atoms with Gasteiger partial charge in [0.15, 0.2) is 17.0 Å². The zero-order chi connectivity index (χ0) is 20.5. The topological polar surface area (TPSA) is 101 Å². The number of aryl methyl sites for hydroxylation is 1. The van der Waals surface area contributed by atoms with E-state index in [1.807, 2.05) is 59.5 Å². The number of fused-ring (bicyclic) bond motifs is 1. The SMILES string of the molecule is Cn1nnc2c(N3CC(C(=O)Nc4ccc(Nc5ccccc5)cc4)C3)ncnc21. The number of carbonyl (C=O) groups excluding carboxylic acids is 1. The van der Waals surface area contributed by atoms with Crippen molar-refractivity contribution < 1.29 is 4.79 Å². The summed E-state index contributed by atoms with van der Waals surface area (Å²) in [6, 6.07) is 17.6. The Morgan fingerprint density at radius 1 is 0.967 bits per heavy atom. The van der Waals surface area contributed by atoms with Gasteiger partial charge in [-0.05, 0) is 36.4 Å². The van der Waals surface area contributed by atoms with Crippen LogP contribution in [-0.2, 0) is 11.8 Å². The van der Waals surface area contributed by atoms with Gasteiger partial charge in [-0.2, -0.15) is 0 Å². The molecule has 4 aromatic rings. The molecule has 5 rings (SSSR count). The number of nitrogens with zero attached hydrogens (tertiary/aromatic N) is 6. The standard InChI is InChI=1S/C21H20N8O/c1-28-19-18(26-27-28)20(23-13-22-19)29-11-14(12-29)21(30)25-17-9-7-16(8-10-17)24-15-5-3-2-4-6-15/h2-10,13-14,24H,11-12H2,1H3,(H,25,30). The van der Waals surface area contributed by atoms with Crippen LogP contribution in [0.15, 0.2) is 60.9 Å². The Labute approximate surface area is 172 Å². The summed E-state index contributed by atoms with van der Waals surface area (Å²) in [7, 11) is 1.79. The van der Waals surface area contributed by atoms with Gasteiger partial charge in [-0.3, -0.25) is 4.79 Å². The van der Waals surface area contributed by atoms with Crippen molar-refractivity contribution in [1.29, 1.82) is 0 Å². The molecule has 3 heterocycles. The Balaban J connectivity index is 1.19. The largest absolute Gasteiger partial charge is 0.356 e. The summed E-state index contributed by atoms with van der Waals surface area (Å²) in [4.78, 5) is 23.1. The van der Waals surface area contributed by atoms with Gasteiger partial charge in [0.1, 0.15) is 6.33 Å². The first-order chi connectivity index (χ1) is 14.7. The third-order valence-electron chi connectivity index (χ3n) is 5.14. The molecule has 30 heavy (non-hydrogen) atoms. The molecule has 0 radical (unpaired) electrons. The number of hydrogen-bond donors (Lipinski definition) is 2. The number of hydrogen-bond acceptors (Lipinski definition) is 7. The molecule has 150 valence electrons. The number of benzene rings is 2. The lowest BCUT2D eigenvalue weighted by atomic mass is 9.99. The van der Waals surface area contributed by atoms with Crippen LogP contribution < -0.4 is 15.5 Å². The minimum absolute atomic E-state index is 0.000496. The summed E-state index contributed by atoms with van der Waals surface area (Å²) >= 11 is 0. The lowest BCUT2D eigenvalue weighted by molar-refractivity contribution is -0.120. The molecule has 2 N–H and O–H groups in total.